The Morgan fingerprint density at radius 1 is 1.41 bits per heavy atom. The van der Waals surface area contributed by atoms with Gasteiger partial charge < -0.3 is 4.98 Å². The summed E-state index contributed by atoms with van der Waals surface area (Å²) in [6, 6.07) is 1.86. The maximum atomic E-state index is 12.2. The summed E-state index contributed by atoms with van der Waals surface area (Å²) in [5.74, 6) is 0. The van der Waals surface area contributed by atoms with E-state index in [0.29, 0.717) is 4.77 Å². The van der Waals surface area contributed by atoms with E-state index < -0.39 is 0 Å². The van der Waals surface area contributed by atoms with Crippen molar-refractivity contribution in [2.75, 3.05) is 0 Å². The number of nitrogens with zero attached hydrogens (tertiary/aromatic N) is 1. The lowest BCUT2D eigenvalue weighted by molar-refractivity contribution is 0.563. The van der Waals surface area contributed by atoms with Crippen molar-refractivity contribution in [3.63, 3.8) is 0 Å². The van der Waals surface area contributed by atoms with Crippen LogP contribution in [-0.4, -0.2) is 9.55 Å². The van der Waals surface area contributed by atoms with Crippen molar-refractivity contribution >= 4 is 33.8 Å². The zero-order valence-corrected chi connectivity index (χ0v) is 11.5. The number of fused-ring (bicyclic) bond motifs is 1. The second-order valence-corrected chi connectivity index (χ2v) is 5.41. The highest BCUT2D eigenvalue weighted by atomic mass is 32.1. The maximum Gasteiger partial charge on any atom is 0.263 e. The number of unbranched alkanes of at least 4 members (excludes halogenated alkanes) is 3. The monoisotopic (exact) mass is 268 g/mol. The van der Waals surface area contributed by atoms with Gasteiger partial charge in [0.25, 0.3) is 5.56 Å². The van der Waals surface area contributed by atoms with Crippen LogP contribution >= 0.6 is 23.6 Å². The number of H-pyrrole nitrogens is 1. The van der Waals surface area contributed by atoms with E-state index in [1.165, 1.54) is 24.2 Å². The fraction of sp³-hybridized carbons (Fsp3) is 0.500. The molecule has 2 aromatic heterocycles. The van der Waals surface area contributed by atoms with Gasteiger partial charge in [-0.25, -0.2) is 0 Å². The normalized spacial score (nSPS) is 11.1. The van der Waals surface area contributed by atoms with Crippen LogP contribution in [0, 0.1) is 4.77 Å². The van der Waals surface area contributed by atoms with Crippen LogP contribution < -0.4 is 5.56 Å². The van der Waals surface area contributed by atoms with Crippen molar-refractivity contribution in [2.45, 2.75) is 39.2 Å². The zero-order valence-electron chi connectivity index (χ0n) is 9.86. The average Bonchev–Trinajstić information content (AvgIpc) is 2.76. The number of thiophene rings is 1. The summed E-state index contributed by atoms with van der Waals surface area (Å²) < 4.78 is 2.22. The molecule has 0 aliphatic rings. The molecule has 1 N–H and O–H groups in total. The van der Waals surface area contributed by atoms with E-state index in [9.17, 15) is 4.79 Å². The molecule has 3 nitrogen and oxygen atoms in total. The molecule has 2 heterocycles. The van der Waals surface area contributed by atoms with Crippen molar-refractivity contribution in [1.82, 2.24) is 9.55 Å². The molecular weight excluding hydrogens is 252 g/mol. The van der Waals surface area contributed by atoms with Crippen LogP contribution in [0.1, 0.15) is 32.6 Å². The summed E-state index contributed by atoms with van der Waals surface area (Å²) in [5.41, 5.74) is 0.0431. The van der Waals surface area contributed by atoms with Crippen LogP contribution in [0.2, 0.25) is 0 Å². The summed E-state index contributed by atoms with van der Waals surface area (Å²) in [5, 5.41) is 2.66. The van der Waals surface area contributed by atoms with Gasteiger partial charge in [0.15, 0.2) is 4.77 Å². The molecule has 5 heteroatoms. The third kappa shape index (κ3) is 2.66. The molecule has 0 saturated carbocycles. The van der Waals surface area contributed by atoms with E-state index >= 15 is 0 Å². The predicted molar refractivity (Wildman–Crippen MR) is 75.4 cm³/mol. The van der Waals surface area contributed by atoms with E-state index in [2.05, 4.69) is 11.9 Å². The second-order valence-electron chi connectivity index (χ2n) is 4.11. The van der Waals surface area contributed by atoms with Crippen molar-refractivity contribution in [2.24, 2.45) is 0 Å². The molecular formula is C12H16N2OS2. The summed E-state index contributed by atoms with van der Waals surface area (Å²) in [6.07, 6.45) is 4.58. The fourth-order valence-corrected chi connectivity index (χ4v) is 3.00. The lowest BCUT2D eigenvalue weighted by Crippen LogP contribution is -2.21. The van der Waals surface area contributed by atoms with Gasteiger partial charge in [-0.15, -0.1) is 11.3 Å². The quantitative estimate of drug-likeness (QED) is 0.663. The first-order chi connectivity index (χ1) is 8.24. The van der Waals surface area contributed by atoms with Crippen molar-refractivity contribution < 1.29 is 0 Å². The highest BCUT2D eigenvalue weighted by Crippen LogP contribution is 2.14. The first-order valence-corrected chi connectivity index (χ1v) is 7.23. The third-order valence-electron chi connectivity index (χ3n) is 2.84. The van der Waals surface area contributed by atoms with Gasteiger partial charge >= 0.3 is 0 Å². The minimum atomic E-state index is 0.0431. The van der Waals surface area contributed by atoms with E-state index in [-0.39, 0.29) is 5.56 Å². The van der Waals surface area contributed by atoms with Gasteiger partial charge in [0.1, 0.15) is 4.83 Å². The summed E-state index contributed by atoms with van der Waals surface area (Å²) in [4.78, 5) is 16.2. The molecule has 2 aromatic rings. The third-order valence-corrected chi connectivity index (χ3v) is 3.99. The second kappa shape index (κ2) is 5.60. The molecule has 0 fully saturated rings. The van der Waals surface area contributed by atoms with Crippen molar-refractivity contribution in [3.05, 3.63) is 26.6 Å². The Morgan fingerprint density at radius 2 is 2.24 bits per heavy atom. The fourth-order valence-electron chi connectivity index (χ4n) is 1.88. The minimum Gasteiger partial charge on any atom is -0.323 e. The Kier molecular flexibility index (Phi) is 4.12. The number of aromatic amines is 1. The topological polar surface area (TPSA) is 37.8 Å². The molecule has 0 amide bonds. The smallest absolute Gasteiger partial charge is 0.263 e. The molecule has 0 aliphatic carbocycles. The van der Waals surface area contributed by atoms with Crippen LogP contribution in [0.15, 0.2) is 16.2 Å². The average molecular weight is 268 g/mol. The summed E-state index contributed by atoms with van der Waals surface area (Å²) >= 11 is 6.75. The molecule has 0 radical (unpaired) electrons. The number of nitrogens with one attached hydrogen (secondary N) is 1. The van der Waals surface area contributed by atoms with Crippen LogP contribution in [0.5, 0.6) is 0 Å². The van der Waals surface area contributed by atoms with Gasteiger partial charge in [-0.2, -0.15) is 0 Å². The molecule has 0 atom stereocenters. The van der Waals surface area contributed by atoms with Crippen LogP contribution in [0.25, 0.3) is 10.2 Å². The van der Waals surface area contributed by atoms with Crippen LogP contribution in [0.4, 0.5) is 0 Å². The van der Waals surface area contributed by atoms with Crippen LogP contribution in [-0.2, 0) is 6.54 Å². The number of rotatable bonds is 5. The van der Waals surface area contributed by atoms with Gasteiger partial charge in [0, 0.05) is 6.54 Å². The number of aromatic nitrogens is 2. The highest BCUT2D eigenvalue weighted by molar-refractivity contribution is 7.71. The standard InChI is InChI=1S/C12H16N2OS2/c1-2-3-4-5-7-14-11(15)9-6-8-17-10(9)13-12(14)16/h6,8H,2-5,7H2,1H3,(H,13,16). The van der Waals surface area contributed by atoms with E-state index in [0.717, 1.165) is 29.6 Å². The van der Waals surface area contributed by atoms with Crippen LogP contribution in [0.3, 0.4) is 0 Å². The molecule has 2 rings (SSSR count). The predicted octanol–water partition coefficient (Wildman–Crippen LogP) is 3.70. The van der Waals surface area contributed by atoms with Gasteiger partial charge in [0.05, 0.1) is 5.39 Å². The SMILES string of the molecule is CCCCCCn1c(=S)[nH]c2sccc2c1=O. The molecule has 0 saturated heterocycles. The Bertz CT molecular complexity index is 609. The van der Waals surface area contributed by atoms with Crippen molar-refractivity contribution in [3.8, 4) is 0 Å². The van der Waals surface area contributed by atoms with Gasteiger partial charge in [-0.05, 0) is 30.1 Å². The van der Waals surface area contributed by atoms with E-state index in [1.807, 2.05) is 11.4 Å². The molecule has 0 aromatic carbocycles. The van der Waals surface area contributed by atoms with Gasteiger partial charge in [-0.1, -0.05) is 26.2 Å². The number of hydrogen-bond acceptors (Lipinski definition) is 3. The minimum absolute atomic E-state index is 0.0431. The summed E-state index contributed by atoms with van der Waals surface area (Å²) in [6.45, 7) is 2.90. The first kappa shape index (κ1) is 12.5. The Morgan fingerprint density at radius 3 is 3.00 bits per heavy atom. The molecule has 0 bridgehead atoms. The zero-order chi connectivity index (χ0) is 12.3. The number of hydrogen-bond donors (Lipinski definition) is 1. The molecule has 0 unspecified atom stereocenters. The lowest BCUT2D eigenvalue weighted by Gasteiger charge is -2.05. The summed E-state index contributed by atoms with van der Waals surface area (Å²) in [7, 11) is 0. The van der Waals surface area contributed by atoms with Gasteiger partial charge in [0.2, 0.25) is 0 Å². The molecule has 92 valence electrons. The maximum absolute atomic E-state index is 12.2. The van der Waals surface area contributed by atoms with Gasteiger partial charge in [-0.3, -0.25) is 9.36 Å². The molecule has 17 heavy (non-hydrogen) atoms. The Balaban J connectivity index is 2.27. The van der Waals surface area contributed by atoms with Crippen molar-refractivity contribution in [1.29, 1.82) is 0 Å². The van der Waals surface area contributed by atoms with E-state index in [4.69, 9.17) is 12.2 Å². The molecule has 0 aliphatic heterocycles. The highest BCUT2D eigenvalue weighted by Gasteiger charge is 2.05. The first-order valence-electron chi connectivity index (χ1n) is 5.94. The van der Waals surface area contributed by atoms with E-state index in [1.54, 1.807) is 4.57 Å². The Labute approximate surface area is 109 Å². The largest absolute Gasteiger partial charge is 0.323 e. The molecule has 0 spiro atoms. The lowest BCUT2D eigenvalue weighted by atomic mass is 10.2. The Hall–Kier alpha value is -0.940.